The molecule has 8 nitrogen and oxygen atoms in total. The molecule has 0 aliphatic carbocycles. The van der Waals surface area contributed by atoms with E-state index in [0.717, 1.165) is 5.69 Å². The van der Waals surface area contributed by atoms with Gasteiger partial charge >= 0.3 is 0 Å². The second-order valence-corrected chi connectivity index (χ2v) is 7.74. The molecule has 152 valence electrons. The van der Waals surface area contributed by atoms with Gasteiger partial charge in [0.15, 0.2) is 0 Å². The van der Waals surface area contributed by atoms with Crippen LogP contribution in [0.1, 0.15) is 12.7 Å². The molecular formula is C20H22N4O4S. The van der Waals surface area contributed by atoms with Gasteiger partial charge in [-0.2, -0.15) is 4.98 Å². The molecule has 0 radical (unpaired) electrons. The zero-order chi connectivity index (χ0) is 20.9. The van der Waals surface area contributed by atoms with E-state index < -0.39 is 10.0 Å². The second-order valence-electron chi connectivity index (χ2n) is 6.06. The third-order valence-electron chi connectivity index (χ3n) is 3.89. The normalized spacial score (nSPS) is 11.0. The lowest BCUT2D eigenvalue weighted by molar-refractivity contribution is 0.325. The van der Waals surface area contributed by atoms with Gasteiger partial charge in [0.1, 0.15) is 17.4 Å². The van der Waals surface area contributed by atoms with Gasteiger partial charge in [0.05, 0.1) is 18.6 Å². The number of hydrogen-bond donors (Lipinski definition) is 2. The number of anilines is 3. The Morgan fingerprint density at radius 3 is 2.24 bits per heavy atom. The Balaban J connectivity index is 1.71. The van der Waals surface area contributed by atoms with Crippen LogP contribution in [0.25, 0.3) is 0 Å². The third kappa shape index (κ3) is 5.35. The van der Waals surface area contributed by atoms with Gasteiger partial charge in [-0.15, -0.1) is 0 Å². The summed E-state index contributed by atoms with van der Waals surface area (Å²) in [5, 5.41) is 3.16. The molecule has 1 aromatic heterocycles. The highest BCUT2D eigenvalue weighted by atomic mass is 32.2. The van der Waals surface area contributed by atoms with Crippen LogP contribution in [0, 0.1) is 6.92 Å². The van der Waals surface area contributed by atoms with E-state index in [2.05, 4.69) is 20.0 Å². The lowest BCUT2D eigenvalue weighted by atomic mass is 10.3. The monoisotopic (exact) mass is 414 g/mol. The fourth-order valence-electron chi connectivity index (χ4n) is 2.56. The summed E-state index contributed by atoms with van der Waals surface area (Å²) in [7, 11) is -2.17. The Labute approximate surface area is 170 Å². The summed E-state index contributed by atoms with van der Waals surface area (Å²) in [6.45, 7) is 4.18. The summed E-state index contributed by atoms with van der Waals surface area (Å²) in [6, 6.07) is 14.7. The lowest BCUT2D eigenvalue weighted by Gasteiger charge is -2.11. The number of hydrogen-bond acceptors (Lipinski definition) is 7. The topological polar surface area (TPSA) is 102 Å². The molecule has 29 heavy (non-hydrogen) atoms. The SMILES string of the molecule is CCOc1cc(Nc2ccc(NS(=O)(=O)c3ccc(OC)cc3)cc2)nc(C)n1. The van der Waals surface area contributed by atoms with Crippen LogP contribution in [0.15, 0.2) is 59.5 Å². The fourth-order valence-corrected chi connectivity index (χ4v) is 3.62. The summed E-state index contributed by atoms with van der Waals surface area (Å²) < 4.78 is 38.1. The van der Waals surface area contributed by atoms with Gasteiger partial charge in [-0.05, 0) is 62.4 Å². The van der Waals surface area contributed by atoms with Gasteiger partial charge in [0, 0.05) is 17.4 Å². The van der Waals surface area contributed by atoms with E-state index in [-0.39, 0.29) is 4.90 Å². The number of aromatic nitrogens is 2. The molecule has 0 saturated heterocycles. The molecule has 0 unspecified atom stereocenters. The van der Waals surface area contributed by atoms with E-state index in [1.54, 1.807) is 49.4 Å². The van der Waals surface area contributed by atoms with Gasteiger partial charge in [-0.25, -0.2) is 13.4 Å². The van der Waals surface area contributed by atoms with Gasteiger partial charge in [-0.1, -0.05) is 0 Å². The predicted octanol–water partition coefficient (Wildman–Crippen LogP) is 3.74. The maximum absolute atomic E-state index is 12.5. The largest absolute Gasteiger partial charge is 0.497 e. The van der Waals surface area contributed by atoms with Crippen LogP contribution in [0.5, 0.6) is 11.6 Å². The summed E-state index contributed by atoms with van der Waals surface area (Å²) in [5.74, 6) is 2.26. The van der Waals surface area contributed by atoms with E-state index >= 15 is 0 Å². The Bertz CT molecular complexity index is 1070. The minimum atomic E-state index is -3.69. The van der Waals surface area contributed by atoms with Gasteiger partial charge in [-0.3, -0.25) is 4.72 Å². The van der Waals surface area contributed by atoms with Crippen molar-refractivity contribution in [1.82, 2.24) is 9.97 Å². The summed E-state index contributed by atoms with van der Waals surface area (Å²) in [5.41, 5.74) is 1.19. The Kier molecular flexibility index (Phi) is 6.18. The first-order valence-corrected chi connectivity index (χ1v) is 10.4. The number of rotatable bonds is 8. The van der Waals surface area contributed by atoms with Crippen molar-refractivity contribution in [3.05, 3.63) is 60.4 Å². The van der Waals surface area contributed by atoms with Crippen LogP contribution in [-0.2, 0) is 10.0 Å². The molecule has 0 aliphatic rings. The highest BCUT2D eigenvalue weighted by molar-refractivity contribution is 7.92. The molecule has 0 fully saturated rings. The molecule has 0 bridgehead atoms. The first-order chi connectivity index (χ1) is 13.9. The average Bonchev–Trinajstić information content (AvgIpc) is 2.69. The van der Waals surface area contributed by atoms with Crippen LogP contribution in [0.4, 0.5) is 17.2 Å². The van der Waals surface area contributed by atoms with Crippen molar-refractivity contribution in [2.45, 2.75) is 18.7 Å². The van der Waals surface area contributed by atoms with E-state index in [4.69, 9.17) is 9.47 Å². The van der Waals surface area contributed by atoms with Crippen molar-refractivity contribution >= 4 is 27.2 Å². The molecule has 0 aliphatic heterocycles. The number of ether oxygens (including phenoxy) is 2. The smallest absolute Gasteiger partial charge is 0.261 e. The van der Waals surface area contributed by atoms with Crippen molar-refractivity contribution in [2.24, 2.45) is 0 Å². The second kappa shape index (κ2) is 8.78. The Hall–Kier alpha value is -3.33. The molecule has 3 rings (SSSR count). The number of nitrogens with zero attached hydrogens (tertiary/aromatic N) is 2. The van der Waals surface area contributed by atoms with Gasteiger partial charge < -0.3 is 14.8 Å². The van der Waals surface area contributed by atoms with Gasteiger partial charge in [0.25, 0.3) is 10.0 Å². The van der Waals surface area contributed by atoms with E-state index in [1.807, 2.05) is 6.92 Å². The molecule has 0 saturated carbocycles. The molecule has 9 heteroatoms. The minimum Gasteiger partial charge on any atom is -0.497 e. The van der Waals surface area contributed by atoms with Crippen molar-refractivity contribution in [3.63, 3.8) is 0 Å². The maximum atomic E-state index is 12.5. The maximum Gasteiger partial charge on any atom is 0.261 e. The van der Waals surface area contributed by atoms with Crippen molar-refractivity contribution in [1.29, 1.82) is 0 Å². The highest BCUT2D eigenvalue weighted by Gasteiger charge is 2.14. The summed E-state index contributed by atoms with van der Waals surface area (Å²) in [6.07, 6.45) is 0. The Morgan fingerprint density at radius 2 is 1.62 bits per heavy atom. The van der Waals surface area contributed by atoms with Crippen LogP contribution < -0.4 is 19.5 Å². The van der Waals surface area contributed by atoms with E-state index in [1.165, 1.54) is 19.2 Å². The molecule has 1 heterocycles. The average molecular weight is 414 g/mol. The number of nitrogens with one attached hydrogen (secondary N) is 2. The number of sulfonamides is 1. The zero-order valence-corrected chi connectivity index (χ0v) is 17.2. The minimum absolute atomic E-state index is 0.153. The van der Waals surface area contributed by atoms with Gasteiger partial charge in [0.2, 0.25) is 5.88 Å². The molecule has 0 atom stereocenters. The lowest BCUT2D eigenvalue weighted by Crippen LogP contribution is -2.12. The fraction of sp³-hybridized carbons (Fsp3) is 0.200. The van der Waals surface area contributed by atoms with E-state index in [9.17, 15) is 8.42 Å². The molecule has 3 aromatic rings. The zero-order valence-electron chi connectivity index (χ0n) is 16.3. The van der Waals surface area contributed by atoms with Crippen molar-refractivity contribution < 1.29 is 17.9 Å². The number of methoxy groups -OCH3 is 1. The van der Waals surface area contributed by atoms with Crippen LogP contribution >= 0.6 is 0 Å². The number of aryl methyl sites for hydroxylation is 1. The first kappa shape index (κ1) is 20.4. The van der Waals surface area contributed by atoms with Crippen LogP contribution in [-0.4, -0.2) is 32.1 Å². The standard InChI is InChI=1S/C20H22N4O4S/c1-4-28-20-13-19(21-14(2)22-20)23-15-5-7-16(8-6-15)24-29(25,26)18-11-9-17(27-3)10-12-18/h5-13,24H,4H2,1-3H3,(H,21,22,23). The molecule has 2 aromatic carbocycles. The van der Waals surface area contributed by atoms with E-state index in [0.29, 0.717) is 35.6 Å². The highest BCUT2D eigenvalue weighted by Crippen LogP contribution is 2.23. The van der Waals surface area contributed by atoms with Crippen molar-refractivity contribution in [3.8, 4) is 11.6 Å². The number of benzene rings is 2. The van der Waals surface area contributed by atoms with Crippen LogP contribution in [0.2, 0.25) is 0 Å². The quantitative estimate of drug-likeness (QED) is 0.579. The molecule has 0 spiro atoms. The van der Waals surface area contributed by atoms with Crippen molar-refractivity contribution in [2.75, 3.05) is 23.8 Å². The Morgan fingerprint density at radius 1 is 0.966 bits per heavy atom. The summed E-state index contributed by atoms with van der Waals surface area (Å²) in [4.78, 5) is 8.68. The predicted molar refractivity (Wildman–Crippen MR) is 111 cm³/mol. The third-order valence-corrected chi connectivity index (χ3v) is 5.28. The molecular weight excluding hydrogens is 392 g/mol. The molecule has 2 N–H and O–H groups in total. The summed E-state index contributed by atoms with van der Waals surface area (Å²) >= 11 is 0. The first-order valence-electron chi connectivity index (χ1n) is 8.92. The van der Waals surface area contributed by atoms with Crippen LogP contribution in [0.3, 0.4) is 0 Å². The molecule has 0 amide bonds.